The highest BCUT2D eigenvalue weighted by Crippen LogP contribution is 2.15. The summed E-state index contributed by atoms with van der Waals surface area (Å²) in [4.78, 5) is 11.6. The van der Waals surface area contributed by atoms with E-state index in [0.717, 1.165) is 0 Å². The smallest absolute Gasteiger partial charge is 0.272 e. The van der Waals surface area contributed by atoms with E-state index in [9.17, 15) is 9.90 Å². The van der Waals surface area contributed by atoms with Gasteiger partial charge in [-0.15, -0.1) is 0 Å². The number of aromatic nitrogens is 2. The van der Waals surface area contributed by atoms with Crippen LogP contribution in [-0.2, 0) is 13.2 Å². The second-order valence-electron chi connectivity index (χ2n) is 3.48. The Kier molecular flexibility index (Phi) is 2.78. The quantitative estimate of drug-likeness (QED) is 0.701. The number of rotatable bonds is 3. The van der Waals surface area contributed by atoms with E-state index in [1.54, 1.807) is 24.3 Å². The SMILES string of the molecule is O=c1c(CO)c[nH]n1Cc1ccccc1O. The number of benzene rings is 1. The number of phenols is 1. The van der Waals surface area contributed by atoms with E-state index >= 15 is 0 Å². The van der Waals surface area contributed by atoms with Gasteiger partial charge in [0.2, 0.25) is 0 Å². The zero-order valence-corrected chi connectivity index (χ0v) is 8.55. The third kappa shape index (κ3) is 1.85. The van der Waals surface area contributed by atoms with Crippen molar-refractivity contribution in [3.05, 3.63) is 51.9 Å². The summed E-state index contributed by atoms with van der Waals surface area (Å²) in [5.41, 5.74) is 0.692. The number of hydrogen-bond donors (Lipinski definition) is 3. The summed E-state index contributed by atoms with van der Waals surface area (Å²) in [7, 11) is 0. The molecule has 2 rings (SSSR count). The topological polar surface area (TPSA) is 78.2 Å². The average molecular weight is 220 g/mol. The highest BCUT2D eigenvalue weighted by Gasteiger charge is 2.07. The van der Waals surface area contributed by atoms with Gasteiger partial charge in [0.05, 0.1) is 18.7 Å². The van der Waals surface area contributed by atoms with Crippen LogP contribution in [0.4, 0.5) is 0 Å². The molecule has 0 saturated heterocycles. The minimum atomic E-state index is -0.289. The van der Waals surface area contributed by atoms with E-state index in [-0.39, 0.29) is 24.5 Å². The second kappa shape index (κ2) is 4.24. The highest BCUT2D eigenvalue weighted by molar-refractivity contribution is 5.31. The Bertz CT molecular complexity index is 542. The predicted molar refractivity (Wildman–Crippen MR) is 58.2 cm³/mol. The Morgan fingerprint density at radius 3 is 2.62 bits per heavy atom. The molecular formula is C11H12N2O3. The highest BCUT2D eigenvalue weighted by atomic mass is 16.3. The van der Waals surface area contributed by atoms with Crippen LogP contribution < -0.4 is 5.56 Å². The lowest BCUT2D eigenvalue weighted by atomic mass is 10.2. The molecule has 0 radical (unpaired) electrons. The first kappa shape index (κ1) is 10.5. The number of para-hydroxylation sites is 1. The van der Waals surface area contributed by atoms with E-state index in [1.165, 1.54) is 10.9 Å². The molecule has 0 aliphatic rings. The van der Waals surface area contributed by atoms with Gasteiger partial charge >= 0.3 is 0 Å². The number of H-pyrrole nitrogens is 1. The normalized spacial score (nSPS) is 10.6. The summed E-state index contributed by atoms with van der Waals surface area (Å²) < 4.78 is 1.33. The van der Waals surface area contributed by atoms with Crippen LogP contribution in [0.15, 0.2) is 35.3 Å². The number of hydrogen-bond acceptors (Lipinski definition) is 3. The summed E-state index contributed by atoms with van der Waals surface area (Å²) in [6.07, 6.45) is 1.46. The van der Waals surface area contributed by atoms with Gasteiger partial charge in [-0.2, -0.15) is 0 Å². The number of nitrogens with zero attached hydrogens (tertiary/aromatic N) is 1. The molecule has 5 heteroatoms. The number of aromatic hydroxyl groups is 1. The predicted octanol–water partition coefficient (Wildman–Crippen LogP) is 0.423. The molecule has 0 aliphatic heterocycles. The third-order valence-corrected chi connectivity index (χ3v) is 2.40. The molecular weight excluding hydrogens is 208 g/mol. The Morgan fingerprint density at radius 2 is 2.00 bits per heavy atom. The van der Waals surface area contributed by atoms with Gasteiger partial charge in [-0.3, -0.25) is 4.79 Å². The summed E-state index contributed by atoms with van der Waals surface area (Å²) in [6.45, 7) is -0.0331. The van der Waals surface area contributed by atoms with Gasteiger partial charge in [0.25, 0.3) is 5.56 Å². The van der Waals surface area contributed by atoms with E-state index < -0.39 is 0 Å². The minimum Gasteiger partial charge on any atom is -0.508 e. The monoisotopic (exact) mass is 220 g/mol. The summed E-state index contributed by atoms with van der Waals surface area (Å²) >= 11 is 0. The first-order valence-electron chi connectivity index (χ1n) is 4.87. The van der Waals surface area contributed by atoms with Crippen LogP contribution in [0.3, 0.4) is 0 Å². The number of aliphatic hydroxyl groups excluding tert-OH is 1. The fourth-order valence-corrected chi connectivity index (χ4v) is 1.50. The lowest BCUT2D eigenvalue weighted by molar-refractivity contribution is 0.280. The Hall–Kier alpha value is -2.01. The van der Waals surface area contributed by atoms with Gasteiger partial charge in [-0.1, -0.05) is 18.2 Å². The Labute approximate surface area is 91.6 Å². The summed E-state index contributed by atoms with van der Waals surface area (Å²) in [6, 6.07) is 6.81. The molecule has 3 N–H and O–H groups in total. The summed E-state index contributed by atoms with van der Waals surface area (Å²) in [5.74, 6) is 0.148. The molecule has 0 saturated carbocycles. The van der Waals surface area contributed by atoms with Crippen molar-refractivity contribution in [3.63, 3.8) is 0 Å². The fraction of sp³-hybridized carbons (Fsp3) is 0.182. The maximum atomic E-state index is 11.6. The maximum absolute atomic E-state index is 11.6. The number of phenolic OH excluding ortho intramolecular Hbond substituents is 1. The van der Waals surface area contributed by atoms with Crippen molar-refractivity contribution < 1.29 is 10.2 Å². The molecule has 0 amide bonds. The van der Waals surface area contributed by atoms with Crippen LogP contribution in [0.25, 0.3) is 0 Å². The van der Waals surface area contributed by atoms with E-state index in [4.69, 9.17) is 5.11 Å². The van der Waals surface area contributed by atoms with Crippen molar-refractivity contribution in [3.8, 4) is 5.75 Å². The molecule has 2 aromatic rings. The van der Waals surface area contributed by atoms with E-state index in [2.05, 4.69) is 5.10 Å². The number of aromatic amines is 1. The molecule has 0 fully saturated rings. The fourth-order valence-electron chi connectivity index (χ4n) is 1.50. The largest absolute Gasteiger partial charge is 0.508 e. The summed E-state index contributed by atoms with van der Waals surface area (Å²) in [5, 5.41) is 21.2. The standard InChI is InChI=1S/C11H12N2O3/c14-7-9-5-12-13(11(9)16)6-8-3-1-2-4-10(8)15/h1-5,12,14-15H,6-7H2. The molecule has 84 valence electrons. The lowest BCUT2D eigenvalue weighted by Gasteiger charge is -2.04. The number of aliphatic hydroxyl groups is 1. The first-order valence-corrected chi connectivity index (χ1v) is 4.87. The van der Waals surface area contributed by atoms with Crippen LogP contribution in [0.5, 0.6) is 5.75 Å². The van der Waals surface area contributed by atoms with Gasteiger partial charge in [0, 0.05) is 11.8 Å². The van der Waals surface area contributed by atoms with E-state index in [1.807, 2.05) is 0 Å². The molecule has 5 nitrogen and oxygen atoms in total. The van der Waals surface area contributed by atoms with Gasteiger partial charge in [-0.25, -0.2) is 4.68 Å². The zero-order chi connectivity index (χ0) is 11.5. The third-order valence-electron chi connectivity index (χ3n) is 2.40. The van der Waals surface area contributed by atoms with Crippen molar-refractivity contribution in [1.82, 2.24) is 9.78 Å². The average Bonchev–Trinajstić information content (AvgIpc) is 2.63. The van der Waals surface area contributed by atoms with E-state index in [0.29, 0.717) is 11.1 Å². The van der Waals surface area contributed by atoms with Crippen molar-refractivity contribution in [2.75, 3.05) is 0 Å². The van der Waals surface area contributed by atoms with Crippen molar-refractivity contribution in [2.24, 2.45) is 0 Å². The van der Waals surface area contributed by atoms with Crippen LogP contribution >= 0.6 is 0 Å². The molecule has 16 heavy (non-hydrogen) atoms. The molecule has 0 spiro atoms. The minimum absolute atomic E-state index is 0.148. The molecule has 1 aromatic heterocycles. The van der Waals surface area contributed by atoms with Crippen LogP contribution in [0.1, 0.15) is 11.1 Å². The number of nitrogens with one attached hydrogen (secondary N) is 1. The molecule has 1 aromatic carbocycles. The molecule has 0 unspecified atom stereocenters. The molecule has 0 atom stereocenters. The van der Waals surface area contributed by atoms with Crippen LogP contribution in [0, 0.1) is 0 Å². The Balaban J connectivity index is 2.31. The Morgan fingerprint density at radius 1 is 1.25 bits per heavy atom. The first-order chi connectivity index (χ1) is 7.72. The van der Waals surface area contributed by atoms with Gasteiger partial charge in [-0.05, 0) is 6.07 Å². The maximum Gasteiger partial charge on any atom is 0.272 e. The second-order valence-corrected chi connectivity index (χ2v) is 3.48. The van der Waals surface area contributed by atoms with Gasteiger partial charge in [0.1, 0.15) is 5.75 Å². The van der Waals surface area contributed by atoms with Crippen LogP contribution in [0.2, 0.25) is 0 Å². The van der Waals surface area contributed by atoms with Crippen molar-refractivity contribution >= 4 is 0 Å². The van der Waals surface area contributed by atoms with Crippen molar-refractivity contribution in [2.45, 2.75) is 13.2 Å². The molecule has 0 aliphatic carbocycles. The van der Waals surface area contributed by atoms with Crippen molar-refractivity contribution in [1.29, 1.82) is 0 Å². The van der Waals surface area contributed by atoms with Gasteiger partial charge in [0.15, 0.2) is 0 Å². The van der Waals surface area contributed by atoms with Gasteiger partial charge < -0.3 is 15.3 Å². The lowest BCUT2D eigenvalue weighted by Crippen LogP contribution is -2.19. The zero-order valence-electron chi connectivity index (χ0n) is 8.55. The molecule has 1 heterocycles. The molecule has 0 bridgehead atoms. The van der Waals surface area contributed by atoms with Crippen LogP contribution in [-0.4, -0.2) is 20.0 Å².